The van der Waals surface area contributed by atoms with E-state index in [1.807, 2.05) is 6.07 Å². The van der Waals surface area contributed by atoms with E-state index in [0.717, 1.165) is 31.5 Å². The van der Waals surface area contributed by atoms with Crippen LogP contribution in [0.2, 0.25) is 0 Å². The predicted octanol–water partition coefficient (Wildman–Crippen LogP) is 2.13. The summed E-state index contributed by atoms with van der Waals surface area (Å²) in [5.41, 5.74) is 8.08. The minimum atomic E-state index is -0.462. The molecule has 3 unspecified atom stereocenters. The van der Waals surface area contributed by atoms with E-state index in [-0.39, 0.29) is 5.91 Å². The van der Waals surface area contributed by atoms with E-state index in [1.165, 1.54) is 17.5 Å². The topological polar surface area (TPSA) is 58.4 Å². The number of nitrogens with two attached hydrogens (primary N) is 1. The van der Waals surface area contributed by atoms with Gasteiger partial charge in [0.2, 0.25) is 5.91 Å². The highest BCUT2D eigenvalue weighted by Crippen LogP contribution is 2.23. The van der Waals surface area contributed by atoms with Crippen molar-refractivity contribution in [2.45, 2.75) is 46.3 Å². The molecular weight excluding hydrogens is 274 g/mol. The van der Waals surface area contributed by atoms with Gasteiger partial charge in [-0.25, -0.2) is 0 Å². The van der Waals surface area contributed by atoms with Crippen molar-refractivity contribution in [3.63, 3.8) is 0 Å². The molecule has 4 heteroatoms. The Hall–Kier alpha value is -1.39. The molecule has 3 N–H and O–H groups in total. The van der Waals surface area contributed by atoms with E-state index in [1.54, 1.807) is 6.92 Å². The molecule has 1 saturated heterocycles. The second-order valence-electron chi connectivity index (χ2n) is 6.92. The molecule has 2 rings (SSSR count). The molecular formula is C18H29N3O. The van der Waals surface area contributed by atoms with Crippen molar-refractivity contribution in [1.29, 1.82) is 0 Å². The van der Waals surface area contributed by atoms with Gasteiger partial charge in [0, 0.05) is 26.2 Å². The number of benzene rings is 1. The van der Waals surface area contributed by atoms with Crippen molar-refractivity contribution in [2.24, 2.45) is 17.6 Å². The average Bonchev–Trinajstić information content (AvgIpc) is 2.44. The number of likely N-dealkylation sites (tertiary alicyclic amines) is 1. The first-order chi connectivity index (χ1) is 10.5. The Morgan fingerprint density at radius 2 is 1.86 bits per heavy atom. The van der Waals surface area contributed by atoms with Gasteiger partial charge in [-0.2, -0.15) is 0 Å². The van der Waals surface area contributed by atoms with Crippen LogP contribution in [0.15, 0.2) is 24.3 Å². The zero-order valence-electron chi connectivity index (χ0n) is 14.0. The molecule has 1 aromatic carbocycles. The van der Waals surface area contributed by atoms with Crippen LogP contribution in [-0.4, -0.2) is 29.9 Å². The maximum absolute atomic E-state index is 11.7. The number of carbonyl (C=O) groups excluding carboxylic acids is 1. The minimum absolute atomic E-state index is 0.102. The first-order valence-corrected chi connectivity index (χ1v) is 8.28. The molecule has 1 amide bonds. The smallest absolute Gasteiger partial charge is 0.236 e. The van der Waals surface area contributed by atoms with E-state index in [2.05, 4.69) is 42.3 Å². The van der Waals surface area contributed by atoms with Gasteiger partial charge in [-0.1, -0.05) is 38.1 Å². The number of amides is 1. The summed E-state index contributed by atoms with van der Waals surface area (Å²) in [6, 6.07) is 7.89. The van der Waals surface area contributed by atoms with Crippen molar-refractivity contribution in [1.82, 2.24) is 10.2 Å². The maximum Gasteiger partial charge on any atom is 0.236 e. The number of nitrogens with one attached hydrogen (secondary N) is 1. The molecule has 0 aliphatic carbocycles. The summed E-state index contributed by atoms with van der Waals surface area (Å²) >= 11 is 0. The van der Waals surface area contributed by atoms with Crippen molar-refractivity contribution in [3.05, 3.63) is 35.4 Å². The zero-order chi connectivity index (χ0) is 16.1. The van der Waals surface area contributed by atoms with E-state index in [9.17, 15) is 4.79 Å². The molecule has 4 nitrogen and oxygen atoms in total. The largest absolute Gasteiger partial charge is 0.351 e. The number of hydrogen-bond donors (Lipinski definition) is 2. The third-order valence-corrected chi connectivity index (χ3v) is 4.32. The molecule has 0 radical (unpaired) electrons. The average molecular weight is 303 g/mol. The predicted molar refractivity (Wildman–Crippen MR) is 90.2 cm³/mol. The van der Waals surface area contributed by atoms with Gasteiger partial charge in [0.05, 0.1) is 6.04 Å². The highest BCUT2D eigenvalue weighted by molar-refractivity contribution is 5.80. The van der Waals surface area contributed by atoms with Crippen LogP contribution in [0.1, 0.15) is 38.3 Å². The Bertz CT molecular complexity index is 491. The Morgan fingerprint density at radius 1 is 1.27 bits per heavy atom. The van der Waals surface area contributed by atoms with Gasteiger partial charge in [0.25, 0.3) is 0 Å². The molecule has 0 bridgehead atoms. The monoisotopic (exact) mass is 303 g/mol. The SMILES string of the molecule is CC1CC(C)CN(Cc2ccccc2CNC(=O)C(C)N)C1. The fraction of sp³-hybridized carbons (Fsp3) is 0.611. The molecule has 1 heterocycles. The van der Waals surface area contributed by atoms with Gasteiger partial charge in [-0.3, -0.25) is 9.69 Å². The third kappa shape index (κ3) is 4.82. The van der Waals surface area contributed by atoms with Crippen LogP contribution in [0, 0.1) is 11.8 Å². The Morgan fingerprint density at radius 3 is 2.45 bits per heavy atom. The molecule has 122 valence electrons. The molecule has 3 atom stereocenters. The number of carbonyl (C=O) groups is 1. The second kappa shape index (κ2) is 7.75. The maximum atomic E-state index is 11.7. The van der Waals surface area contributed by atoms with Crippen LogP contribution in [0.5, 0.6) is 0 Å². The summed E-state index contributed by atoms with van der Waals surface area (Å²) in [4.78, 5) is 14.2. The van der Waals surface area contributed by atoms with E-state index >= 15 is 0 Å². The lowest BCUT2D eigenvalue weighted by molar-refractivity contribution is -0.122. The molecule has 0 spiro atoms. The Kier molecular flexibility index (Phi) is 5.98. The van der Waals surface area contributed by atoms with Gasteiger partial charge >= 0.3 is 0 Å². The molecule has 22 heavy (non-hydrogen) atoms. The molecule has 1 aromatic rings. The van der Waals surface area contributed by atoms with Gasteiger partial charge in [-0.15, -0.1) is 0 Å². The second-order valence-corrected chi connectivity index (χ2v) is 6.92. The zero-order valence-corrected chi connectivity index (χ0v) is 14.0. The highest BCUT2D eigenvalue weighted by atomic mass is 16.2. The fourth-order valence-electron chi connectivity index (χ4n) is 3.39. The number of hydrogen-bond acceptors (Lipinski definition) is 3. The van der Waals surface area contributed by atoms with Crippen molar-refractivity contribution < 1.29 is 4.79 Å². The third-order valence-electron chi connectivity index (χ3n) is 4.32. The van der Waals surface area contributed by atoms with E-state index < -0.39 is 6.04 Å². The van der Waals surface area contributed by atoms with Crippen LogP contribution in [-0.2, 0) is 17.9 Å². The fourth-order valence-corrected chi connectivity index (χ4v) is 3.39. The summed E-state index contributed by atoms with van der Waals surface area (Å²) in [6.45, 7) is 10.2. The van der Waals surface area contributed by atoms with Crippen LogP contribution in [0.3, 0.4) is 0 Å². The summed E-state index contributed by atoms with van der Waals surface area (Å²) in [7, 11) is 0. The summed E-state index contributed by atoms with van der Waals surface area (Å²) in [5, 5.41) is 2.91. The summed E-state index contributed by atoms with van der Waals surface area (Å²) in [5.74, 6) is 1.41. The first-order valence-electron chi connectivity index (χ1n) is 8.28. The number of rotatable bonds is 5. The van der Waals surface area contributed by atoms with Crippen LogP contribution >= 0.6 is 0 Å². The van der Waals surface area contributed by atoms with Crippen molar-refractivity contribution >= 4 is 5.91 Å². The quantitative estimate of drug-likeness (QED) is 0.876. The normalized spacial score (nSPS) is 24.0. The van der Waals surface area contributed by atoms with E-state index in [4.69, 9.17) is 5.73 Å². The molecule has 1 aliphatic rings. The number of nitrogens with zero attached hydrogens (tertiary/aromatic N) is 1. The van der Waals surface area contributed by atoms with Gasteiger partial charge in [-0.05, 0) is 36.3 Å². The first kappa shape index (κ1) is 17.0. The van der Waals surface area contributed by atoms with Crippen molar-refractivity contribution in [3.8, 4) is 0 Å². The lowest BCUT2D eigenvalue weighted by atomic mass is 9.91. The standard InChI is InChI=1S/C18H29N3O/c1-13-8-14(2)11-21(10-13)12-17-7-5-4-6-16(17)9-20-18(22)15(3)19/h4-7,13-15H,8-12,19H2,1-3H3,(H,20,22). The number of piperidine rings is 1. The lowest BCUT2D eigenvalue weighted by Crippen LogP contribution is -2.39. The Labute approximate surface area is 134 Å². The Balaban J connectivity index is 2.00. The molecule has 1 aliphatic heterocycles. The van der Waals surface area contributed by atoms with E-state index in [0.29, 0.717) is 6.54 Å². The molecule has 0 aromatic heterocycles. The summed E-state index contributed by atoms with van der Waals surface area (Å²) in [6.07, 6.45) is 1.32. The highest BCUT2D eigenvalue weighted by Gasteiger charge is 2.22. The van der Waals surface area contributed by atoms with Gasteiger partial charge in [0.1, 0.15) is 0 Å². The minimum Gasteiger partial charge on any atom is -0.351 e. The van der Waals surface area contributed by atoms with Crippen molar-refractivity contribution in [2.75, 3.05) is 13.1 Å². The summed E-state index contributed by atoms with van der Waals surface area (Å²) < 4.78 is 0. The van der Waals surface area contributed by atoms with Crippen LogP contribution < -0.4 is 11.1 Å². The molecule has 1 fully saturated rings. The van der Waals surface area contributed by atoms with Crippen LogP contribution in [0.4, 0.5) is 0 Å². The van der Waals surface area contributed by atoms with Gasteiger partial charge < -0.3 is 11.1 Å². The van der Waals surface area contributed by atoms with Gasteiger partial charge in [0.15, 0.2) is 0 Å². The van der Waals surface area contributed by atoms with Crippen LogP contribution in [0.25, 0.3) is 0 Å². The molecule has 0 saturated carbocycles. The lowest BCUT2D eigenvalue weighted by Gasteiger charge is -2.35.